The van der Waals surface area contributed by atoms with Gasteiger partial charge in [0.25, 0.3) is 0 Å². The molecule has 0 saturated carbocycles. The SMILES string of the molecule is C=C(C)/C=C\C(=C)S.CC. The minimum atomic E-state index is 0.757. The Morgan fingerprint density at radius 3 is 1.70 bits per heavy atom. The Labute approximate surface area is 69.8 Å². The lowest BCUT2D eigenvalue weighted by atomic mass is 10.3. The summed E-state index contributed by atoms with van der Waals surface area (Å²) >= 11 is 3.95. The average Bonchev–Trinajstić information content (AvgIpc) is 1.89. The third-order valence-electron chi connectivity index (χ3n) is 0.560. The van der Waals surface area contributed by atoms with Gasteiger partial charge < -0.3 is 0 Å². The number of rotatable bonds is 2. The van der Waals surface area contributed by atoms with Crippen LogP contribution in [0, 0.1) is 0 Å². The van der Waals surface area contributed by atoms with Gasteiger partial charge in [-0.25, -0.2) is 0 Å². The average molecular weight is 156 g/mol. The van der Waals surface area contributed by atoms with Crippen LogP contribution in [0.3, 0.4) is 0 Å². The summed E-state index contributed by atoms with van der Waals surface area (Å²) < 4.78 is 0. The van der Waals surface area contributed by atoms with Crippen molar-refractivity contribution >= 4 is 12.6 Å². The Kier molecular flexibility index (Phi) is 10.5. The van der Waals surface area contributed by atoms with Gasteiger partial charge in [-0.2, -0.15) is 0 Å². The molecule has 0 saturated heterocycles. The van der Waals surface area contributed by atoms with Crippen molar-refractivity contribution in [3.8, 4) is 0 Å². The molecule has 58 valence electrons. The molecule has 0 nitrogen and oxygen atoms in total. The third-order valence-corrected chi connectivity index (χ3v) is 0.709. The van der Waals surface area contributed by atoms with E-state index in [2.05, 4.69) is 25.8 Å². The highest BCUT2D eigenvalue weighted by Gasteiger charge is 1.73. The summed E-state index contributed by atoms with van der Waals surface area (Å²) in [7, 11) is 0. The quantitative estimate of drug-likeness (QED) is 0.458. The van der Waals surface area contributed by atoms with Gasteiger partial charge in [0.05, 0.1) is 0 Å². The van der Waals surface area contributed by atoms with E-state index < -0.39 is 0 Å². The molecule has 0 aromatic heterocycles. The standard InChI is InChI=1S/C7H10S.C2H6/c1-6(2)4-5-7(3)8;1-2/h4-5,8H,1,3H2,2H3;1-2H3/b5-4-;. The van der Waals surface area contributed by atoms with Crippen LogP contribution in [0.15, 0.2) is 35.8 Å². The molecule has 1 heteroatoms. The Morgan fingerprint density at radius 1 is 1.20 bits per heavy atom. The lowest BCUT2D eigenvalue weighted by Gasteiger charge is -1.83. The first-order valence-corrected chi connectivity index (χ1v) is 3.79. The molecule has 0 rings (SSSR count). The normalized spacial score (nSPS) is 8.40. The molecule has 0 aliphatic rings. The smallest absolute Gasteiger partial charge is 0.00319 e. The summed E-state index contributed by atoms with van der Waals surface area (Å²) in [6, 6.07) is 0. The molecule has 10 heavy (non-hydrogen) atoms. The Balaban J connectivity index is 0. The first-order chi connectivity index (χ1) is 4.63. The van der Waals surface area contributed by atoms with Crippen LogP contribution in [0.25, 0.3) is 0 Å². The molecular weight excluding hydrogens is 140 g/mol. The molecular formula is C9H16S. The van der Waals surface area contributed by atoms with Crippen LogP contribution in [0.5, 0.6) is 0 Å². The Hall–Kier alpha value is -0.430. The minimum absolute atomic E-state index is 0.757. The molecule has 0 aliphatic heterocycles. The fourth-order valence-corrected chi connectivity index (χ4v) is 0.313. The fourth-order valence-electron chi connectivity index (χ4n) is 0.238. The molecule has 0 bridgehead atoms. The second-order valence-electron chi connectivity index (χ2n) is 1.67. The van der Waals surface area contributed by atoms with Gasteiger partial charge in [0.2, 0.25) is 0 Å². The summed E-state index contributed by atoms with van der Waals surface area (Å²) in [5, 5.41) is 0. The monoisotopic (exact) mass is 156 g/mol. The van der Waals surface area contributed by atoms with Gasteiger partial charge in [0, 0.05) is 0 Å². The van der Waals surface area contributed by atoms with Gasteiger partial charge in [-0.15, -0.1) is 12.6 Å². The van der Waals surface area contributed by atoms with Crippen molar-refractivity contribution in [3.63, 3.8) is 0 Å². The zero-order chi connectivity index (χ0) is 8.57. The molecule has 0 radical (unpaired) electrons. The lowest BCUT2D eigenvalue weighted by Crippen LogP contribution is -1.60. The predicted octanol–water partition coefficient (Wildman–Crippen LogP) is 3.59. The second kappa shape index (κ2) is 8.57. The van der Waals surface area contributed by atoms with Gasteiger partial charge in [-0.1, -0.05) is 38.7 Å². The molecule has 0 amide bonds. The third kappa shape index (κ3) is 15.6. The van der Waals surface area contributed by atoms with Crippen molar-refractivity contribution in [2.45, 2.75) is 20.8 Å². The highest BCUT2D eigenvalue weighted by Crippen LogP contribution is 1.99. The topological polar surface area (TPSA) is 0 Å². The maximum Gasteiger partial charge on any atom is -0.00319 e. The van der Waals surface area contributed by atoms with Crippen molar-refractivity contribution in [2.75, 3.05) is 0 Å². The maximum atomic E-state index is 3.95. The van der Waals surface area contributed by atoms with Crippen LogP contribution < -0.4 is 0 Å². The van der Waals surface area contributed by atoms with Crippen molar-refractivity contribution in [1.82, 2.24) is 0 Å². The summed E-state index contributed by atoms with van der Waals surface area (Å²) in [4.78, 5) is 0.757. The van der Waals surface area contributed by atoms with Crippen LogP contribution in [-0.4, -0.2) is 0 Å². The molecule has 0 atom stereocenters. The zero-order valence-electron chi connectivity index (χ0n) is 7.02. The molecule has 0 fully saturated rings. The van der Waals surface area contributed by atoms with E-state index in [0.717, 1.165) is 10.5 Å². The molecule has 0 aromatic rings. The summed E-state index contributed by atoms with van der Waals surface area (Å²) in [6.07, 6.45) is 3.68. The largest absolute Gasteiger partial charge is 0.144 e. The van der Waals surface area contributed by atoms with Crippen molar-refractivity contribution in [2.24, 2.45) is 0 Å². The maximum absolute atomic E-state index is 3.95. The van der Waals surface area contributed by atoms with E-state index in [9.17, 15) is 0 Å². The second-order valence-corrected chi connectivity index (χ2v) is 2.25. The van der Waals surface area contributed by atoms with Crippen molar-refractivity contribution in [1.29, 1.82) is 0 Å². The van der Waals surface area contributed by atoms with Gasteiger partial charge in [-0.3, -0.25) is 0 Å². The molecule has 0 aromatic carbocycles. The number of allylic oxidation sites excluding steroid dienone is 3. The van der Waals surface area contributed by atoms with Gasteiger partial charge in [0.1, 0.15) is 0 Å². The van der Waals surface area contributed by atoms with E-state index in [1.165, 1.54) is 0 Å². The molecule has 0 unspecified atom stereocenters. The lowest BCUT2D eigenvalue weighted by molar-refractivity contribution is 1.50. The van der Waals surface area contributed by atoms with Gasteiger partial charge >= 0.3 is 0 Å². The van der Waals surface area contributed by atoms with E-state index in [0.29, 0.717) is 0 Å². The summed E-state index contributed by atoms with van der Waals surface area (Å²) in [5.74, 6) is 0. The zero-order valence-corrected chi connectivity index (χ0v) is 7.91. The van der Waals surface area contributed by atoms with Gasteiger partial charge in [-0.05, 0) is 17.9 Å². The fraction of sp³-hybridized carbons (Fsp3) is 0.333. The minimum Gasteiger partial charge on any atom is -0.144 e. The highest BCUT2D eigenvalue weighted by atomic mass is 32.1. The van der Waals surface area contributed by atoms with E-state index in [1.807, 2.05) is 32.9 Å². The molecule has 0 aliphatic carbocycles. The van der Waals surface area contributed by atoms with Crippen molar-refractivity contribution < 1.29 is 0 Å². The molecule has 0 heterocycles. The number of thiol groups is 1. The summed E-state index contributed by atoms with van der Waals surface area (Å²) in [5.41, 5.74) is 1.01. The number of hydrogen-bond donors (Lipinski definition) is 1. The first kappa shape index (κ1) is 12.3. The van der Waals surface area contributed by atoms with Crippen molar-refractivity contribution in [3.05, 3.63) is 35.8 Å². The van der Waals surface area contributed by atoms with Crippen LogP contribution in [-0.2, 0) is 0 Å². The van der Waals surface area contributed by atoms with E-state index >= 15 is 0 Å². The van der Waals surface area contributed by atoms with Crippen LogP contribution in [0.2, 0.25) is 0 Å². The van der Waals surface area contributed by atoms with Crippen LogP contribution in [0.4, 0.5) is 0 Å². The highest BCUT2D eigenvalue weighted by molar-refractivity contribution is 7.84. The van der Waals surface area contributed by atoms with Crippen LogP contribution >= 0.6 is 12.6 Å². The molecule has 0 N–H and O–H groups in total. The summed E-state index contributed by atoms with van der Waals surface area (Å²) in [6.45, 7) is 13.2. The van der Waals surface area contributed by atoms with Crippen LogP contribution in [0.1, 0.15) is 20.8 Å². The Morgan fingerprint density at radius 2 is 1.60 bits per heavy atom. The number of hydrogen-bond acceptors (Lipinski definition) is 1. The molecule has 0 spiro atoms. The Bertz CT molecular complexity index is 116. The van der Waals surface area contributed by atoms with E-state index in [4.69, 9.17) is 0 Å². The van der Waals surface area contributed by atoms with E-state index in [1.54, 1.807) is 0 Å². The first-order valence-electron chi connectivity index (χ1n) is 3.34. The van der Waals surface area contributed by atoms with E-state index in [-0.39, 0.29) is 0 Å². The predicted molar refractivity (Wildman–Crippen MR) is 53.4 cm³/mol. The van der Waals surface area contributed by atoms with Gasteiger partial charge in [0.15, 0.2) is 0 Å².